The third-order valence-corrected chi connectivity index (χ3v) is 2.08. The van der Waals surface area contributed by atoms with E-state index in [9.17, 15) is 0 Å². The lowest BCUT2D eigenvalue weighted by atomic mass is 10.2. The molecule has 0 unspecified atom stereocenters. The zero-order valence-corrected chi connectivity index (χ0v) is 8.35. The third-order valence-electron chi connectivity index (χ3n) is 1.21. The molecule has 0 radical (unpaired) electrons. The zero-order valence-electron chi connectivity index (χ0n) is 5.87. The van der Waals surface area contributed by atoms with Gasteiger partial charge in [-0.15, -0.1) is 0 Å². The molecule has 0 saturated heterocycles. The van der Waals surface area contributed by atoms with Crippen molar-refractivity contribution < 1.29 is 0 Å². The average molecular weight is 230 g/mol. The van der Waals surface area contributed by atoms with Gasteiger partial charge in [0.2, 0.25) is 0 Å². The number of hydrogen-bond donors (Lipinski definition) is 1. The summed E-state index contributed by atoms with van der Waals surface area (Å²) in [5.41, 5.74) is 1.13. The molecular formula is C8H8BrNS. The van der Waals surface area contributed by atoms with Crippen molar-refractivity contribution in [1.82, 2.24) is 4.98 Å². The van der Waals surface area contributed by atoms with Gasteiger partial charge in [0.25, 0.3) is 0 Å². The molecule has 1 rings (SSSR count). The first-order valence-corrected chi connectivity index (χ1v) is 4.64. The van der Waals surface area contributed by atoms with E-state index in [-0.39, 0.29) is 0 Å². The van der Waals surface area contributed by atoms with Crippen LogP contribution in [0.25, 0.3) is 6.08 Å². The number of rotatable bonds is 2. The second-order valence-electron chi connectivity index (χ2n) is 1.98. The monoisotopic (exact) mass is 229 g/mol. The predicted molar refractivity (Wildman–Crippen MR) is 54.8 cm³/mol. The highest BCUT2D eigenvalue weighted by molar-refractivity contribution is 9.10. The summed E-state index contributed by atoms with van der Waals surface area (Å²) in [6.45, 7) is 0. The Morgan fingerprint density at radius 2 is 2.45 bits per heavy atom. The molecule has 0 saturated carbocycles. The largest absolute Gasteiger partial charge is 0.264 e. The zero-order chi connectivity index (χ0) is 8.10. The Kier molecular flexibility index (Phi) is 3.66. The maximum atomic E-state index is 4.07. The molecule has 0 aliphatic heterocycles. The second kappa shape index (κ2) is 4.57. The van der Waals surface area contributed by atoms with Crippen molar-refractivity contribution in [2.24, 2.45) is 0 Å². The Morgan fingerprint density at radius 3 is 3.09 bits per heavy atom. The van der Waals surface area contributed by atoms with Crippen molar-refractivity contribution in [3.8, 4) is 0 Å². The van der Waals surface area contributed by atoms with Gasteiger partial charge in [0.05, 0.1) is 0 Å². The van der Waals surface area contributed by atoms with Gasteiger partial charge in [0.15, 0.2) is 0 Å². The van der Waals surface area contributed by atoms with Crippen molar-refractivity contribution in [2.75, 3.05) is 5.75 Å². The van der Waals surface area contributed by atoms with Crippen LogP contribution in [0, 0.1) is 0 Å². The lowest BCUT2D eigenvalue weighted by Gasteiger charge is -1.94. The van der Waals surface area contributed by atoms with E-state index in [0.29, 0.717) is 0 Å². The van der Waals surface area contributed by atoms with Crippen LogP contribution in [-0.4, -0.2) is 10.7 Å². The summed E-state index contributed by atoms with van der Waals surface area (Å²) < 4.78 is 1.01. The highest BCUT2D eigenvalue weighted by Gasteiger charge is 1.91. The minimum absolute atomic E-state index is 0.759. The van der Waals surface area contributed by atoms with Gasteiger partial charge in [-0.1, -0.05) is 12.2 Å². The summed E-state index contributed by atoms with van der Waals surface area (Å²) in [5.74, 6) is 0.759. The lowest BCUT2D eigenvalue weighted by molar-refractivity contribution is 1.30. The van der Waals surface area contributed by atoms with Gasteiger partial charge in [-0.05, 0) is 27.6 Å². The fourth-order valence-electron chi connectivity index (χ4n) is 0.701. The molecule has 1 aromatic rings. The number of nitrogens with zero attached hydrogens (tertiary/aromatic N) is 1. The van der Waals surface area contributed by atoms with Crippen LogP contribution in [0.15, 0.2) is 29.0 Å². The molecule has 0 aliphatic rings. The number of hydrogen-bond acceptors (Lipinski definition) is 2. The first kappa shape index (κ1) is 8.81. The van der Waals surface area contributed by atoms with E-state index in [0.717, 1.165) is 15.8 Å². The van der Waals surface area contributed by atoms with Crippen LogP contribution in [0.1, 0.15) is 5.56 Å². The lowest BCUT2D eigenvalue weighted by Crippen LogP contribution is -1.76. The summed E-state index contributed by atoms with van der Waals surface area (Å²) in [6, 6.07) is 1.95. The summed E-state index contributed by atoms with van der Waals surface area (Å²) in [4.78, 5) is 3.95. The van der Waals surface area contributed by atoms with Crippen molar-refractivity contribution in [1.29, 1.82) is 0 Å². The minimum Gasteiger partial charge on any atom is -0.264 e. The van der Waals surface area contributed by atoms with E-state index < -0.39 is 0 Å². The maximum Gasteiger partial charge on any atom is 0.0431 e. The van der Waals surface area contributed by atoms with Crippen LogP contribution in [-0.2, 0) is 0 Å². The number of halogens is 1. The first-order valence-electron chi connectivity index (χ1n) is 3.21. The van der Waals surface area contributed by atoms with Gasteiger partial charge in [-0.25, -0.2) is 0 Å². The molecule has 0 bridgehead atoms. The molecule has 0 atom stereocenters. The van der Waals surface area contributed by atoms with Crippen molar-refractivity contribution >= 4 is 34.6 Å². The minimum atomic E-state index is 0.759. The molecule has 0 N–H and O–H groups in total. The van der Waals surface area contributed by atoms with Crippen LogP contribution in [0.3, 0.4) is 0 Å². The van der Waals surface area contributed by atoms with Crippen molar-refractivity contribution in [2.45, 2.75) is 0 Å². The normalized spacial score (nSPS) is 10.7. The standard InChI is InChI=1S/C8H8BrNS/c9-8-6-10-4-3-7(8)2-1-5-11/h1-4,6,11H,5H2. The molecule has 3 heteroatoms. The van der Waals surface area contributed by atoms with Gasteiger partial charge in [0, 0.05) is 22.6 Å². The molecule has 0 aliphatic carbocycles. The summed E-state index contributed by atoms with van der Waals surface area (Å²) in [5, 5.41) is 0. The van der Waals surface area contributed by atoms with Crippen LogP contribution in [0.2, 0.25) is 0 Å². The van der Waals surface area contributed by atoms with E-state index in [1.807, 2.05) is 18.2 Å². The molecule has 1 nitrogen and oxygen atoms in total. The van der Waals surface area contributed by atoms with Crippen LogP contribution in [0.4, 0.5) is 0 Å². The highest BCUT2D eigenvalue weighted by atomic mass is 79.9. The predicted octanol–water partition coefficient (Wildman–Crippen LogP) is 2.79. The van der Waals surface area contributed by atoms with Crippen LogP contribution >= 0.6 is 28.6 Å². The molecule has 58 valence electrons. The molecule has 1 aromatic heterocycles. The number of aromatic nitrogens is 1. The Labute approximate surface area is 80.1 Å². The van der Waals surface area contributed by atoms with E-state index in [1.165, 1.54) is 0 Å². The smallest absolute Gasteiger partial charge is 0.0431 e. The molecule has 0 aromatic carbocycles. The van der Waals surface area contributed by atoms with E-state index in [1.54, 1.807) is 12.4 Å². The molecule has 1 heterocycles. The van der Waals surface area contributed by atoms with Crippen molar-refractivity contribution in [3.05, 3.63) is 34.6 Å². The van der Waals surface area contributed by atoms with E-state index in [2.05, 4.69) is 33.5 Å². The van der Waals surface area contributed by atoms with Crippen LogP contribution < -0.4 is 0 Å². The van der Waals surface area contributed by atoms with Crippen LogP contribution in [0.5, 0.6) is 0 Å². The SMILES string of the molecule is SCC=Cc1ccncc1Br. The van der Waals surface area contributed by atoms with E-state index >= 15 is 0 Å². The van der Waals surface area contributed by atoms with Gasteiger partial charge in [-0.3, -0.25) is 4.98 Å². The second-order valence-corrected chi connectivity index (χ2v) is 3.20. The molecule has 11 heavy (non-hydrogen) atoms. The Bertz CT molecular complexity index is 260. The fourth-order valence-corrected chi connectivity index (χ4v) is 1.19. The molecule has 0 fully saturated rings. The quantitative estimate of drug-likeness (QED) is 0.771. The van der Waals surface area contributed by atoms with E-state index in [4.69, 9.17) is 0 Å². The summed E-state index contributed by atoms with van der Waals surface area (Å²) in [7, 11) is 0. The third kappa shape index (κ3) is 2.67. The summed E-state index contributed by atoms with van der Waals surface area (Å²) in [6.07, 6.45) is 7.54. The maximum absolute atomic E-state index is 4.07. The van der Waals surface area contributed by atoms with Gasteiger partial charge >= 0.3 is 0 Å². The topological polar surface area (TPSA) is 12.9 Å². The number of pyridine rings is 1. The van der Waals surface area contributed by atoms with Gasteiger partial charge in [0.1, 0.15) is 0 Å². The highest BCUT2D eigenvalue weighted by Crippen LogP contribution is 2.15. The number of thiol groups is 1. The Morgan fingerprint density at radius 1 is 1.64 bits per heavy atom. The fraction of sp³-hybridized carbons (Fsp3) is 0.125. The molecule has 0 amide bonds. The molecule has 0 spiro atoms. The van der Waals surface area contributed by atoms with Crippen molar-refractivity contribution in [3.63, 3.8) is 0 Å². The Balaban J connectivity index is 2.86. The van der Waals surface area contributed by atoms with Gasteiger partial charge in [-0.2, -0.15) is 12.6 Å². The molecular weight excluding hydrogens is 222 g/mol. The Hall–Kier alpha value is -0.280. The van der Waals surface area contributed by atoms with Gasteiger partial charge < -0.3 is 0 Å². The first-order chi connectivity index (χ1) is 5.34. The average Bonchev–Trinajstić information content (AvgIpc) is 2.03. The summed E-state index contributed by atoms with van der Waals surface area (Å²) >= 11 is 7.46.